The Hall–Kier alpha value is -2.56. The normalized spacial score (nSPS) is 15.0. The minimum Gasteiger partial charge on any atom is -0.372 e. The first-order valence-electron chi connectivity index (χ1n) is 7.24. The number of benzene rings is 1. The molecule has 0 radical (unpaired) electrons. The van der Waals surface area contributed by atoms with Gasteiger partial charge in [0.2, 0.25) is 0 Å². The van der Waals surface area contributed by atoms with Crippen LogP contribution in [0.1, 0.15) is 12.8 Å². The predicted octanol–water partition coefficient (Wildman–Crippen LogP) is 2.29. The molecule has 4 rings (SSSR count). The molecular formula is C16H16N4O. The van der Waals surface area contributed by atoms with E-state index in [0.29, 0.717) is 11.3 Å². The summed E-state index contributed by atoms with van der Waals surface area (Å²) in [6, 6.07) is 11.8. The Balaban J connectivity index is 1.72. The molecule has 1 N–H and O–H groups in total. The van der Waals surface area contributed by atoms with Crippen molar-refractivity contribution in [2.24, 2.45) is 0 Å². The van der Waals surface area contributed by atoms with Crippen LogP contribution < -0.4 is 10.5 Å². The predicted molar refractivity (Wildman–Crippen MR) is 82.7 cm³/mol. The standard InChI is InChI=1S/C16H16N4O/c21-16-14-4-3-11-20(14)18-15(17-16)12-5-7-13(8-6-12)19-9-1-2-10-19/h3-8,11H,1-2,9-10H2,(H,17,18,21). The Kier molecular flexibility index (Phi) is 2.77. The fourth-order valence-electron chi connectivity index (χ4n) is 2.88. The summed E-state index contributed by atoms with van der Waals surface area (Å²) in [5.74, 6) is 0.594. The molecule has 0 amide bonds. The highest BCUT2D eigenvalue weighted by molar-refractivity contribution is 5.61. The molecule has 0 saturated carbocycles. The molecule has 5 heteroatoms. The number of anilines is 1. The van der Waals surface area contributed by atoms with Crippen molar-refractivity contribution in [3.63, 3.8) is 0 Å². The average molecular weight is 280 g/mol. The van der Waals surface area contributed by atoms with Gasteiger partial charge in [-0.1, -0.05) is 0 Å². The Morgan fingerprint density at radius 3 is 2.57 bits per heavy atom. The van der Waals surface area contributed by atoms with Crippen LogP contribution in [0, 0.1) is 0 Å². The second-order valence-electron chi connectivity index (χ2n) is 5.38. The second kappa shape index (κ2) is 4.77. The SMILES string of the molecule is O=c1[nH]c(-c2ccc(N3CCCC3)cc2)nn2cccc12. The second-order valence-corrected chi connectivity index (χ2v) is 5.38. The van der Waals surface area contributed by atoms with Crippen LogP contribution in [0.2, 0.25) is 0 Å². The van der Waals surface area contributed by atoms with E-state index >= 15 is 0 Å². The highest BCUT2D eigenvalue weighted by Gasteiger charge is 2.12. The molecule has 1 aromatic carbocycles. The minimum atomic E-state index is -0.117. The van der Waals surface area contributed by atoms with Crippen molar-refractivity contribution >= 4 is 11.2 Å². The first kappa shape index (κ1) is 12.2. The number of rotatable bonds is 2. The van der Waals surface area contributed by atoms with Crippen LogP contribution >= 0.6 is 0 Å². The van der Waals surface area contributed by atoms with E-state index in [1.54, 1.807) is 16.8 Å². The van der Waals surface area contributed by atoms with Gasteiger partial charge in [-0.25, -0.2) is 4.52 Å². The van der Waals surface area contributed by atoms with Crippen molar-refractivity contribution in [1.82, 2.24) is 14.6 Å². The molecule has 2 aromatic heterocycles. The van der Waals surface area contributed by atoms with Crippen molar-refractivity contribution in [1.29, 1.82) is 0 Å². The summed E-state index contributed by atoms with van der Waals surface area (Å²) in [6.07, 6.45) is 4.31. The molecule has 0 unspecified atom stereocenters. The zero-order valence-corrected chi connectivity index (χ0v) is 11.6. The van der Waals surface area contributed by atoms with Gasteiger partial charge in [0, 0.05) is 30.5 Å². The fourth-order valence-corrected chi connectivity index (χ4v) is 2.88. The van der Waals surface area contributed by atoms with Gasteiger partial charge in [0.15, 0.2) is 5.82 Å². The molecule has 3 heterocycles. The van der Waals surface area contributed by atoms with Crippen LogP contribution in [0.3, 0.4) is 0 Å². The molecule has 1 aliphatic heterocycles. The summed E-state index contributed by atoms with van der Waals surface area (Å²) < 4.78 is 1.61. The maximum Gasteiger partial charge on any atom is 0.275 e. The lowest BCUT2D eigenvalue weighted by atomic mass is 10.2. The van der Waals surface area contributed by atoms with Crippen molar-refractivity contribution in [3.8, 4) is 11.4 Å². The number of nitrogens with one attached hydrogen (secondary N) is 1. The minimum absolute atomic E-state index is 0.117. The van der Waals surface area contributed by atoms with Crippen molar-refractivity contribution in [2.45, 2.75) is 12.8 Å². The fraction of sp³-hybridized carbons (Fsp3) is 0.250. The molecule has 1 saturated heterocycles. The zero-order chi connectivity index (χ0) is 14.2. The van der Waals surface area contributed by atoms with Gasteiger partial charge in [0.1, 0.15) is 5.52 Å². The molecule has 0 atom stereocenters. The van der Waals surface area contributed by atoms with Gasteiger partial charge in [-0.2, -0.15) is 0 Å². The van der Waals surface area contributed by atoms with Crippen LogP contribution in [0.5, 0.6) is 0 Å². The number of hydrogen-bond donors (Lipinski definition) is 1. The largest absolute Gasteiger partial charge is 0.372 e. The van der Waals surface area contributed by atoms with Gasteiger partial charge in [0.25, 0.3) is 5.56 Å². The number of aromatic amines is 1. The van der Waals surface area contributed by atoms with Crippen molar-refractivity contribution < 1.29 is 0 Å². The lowest BCUT2D eigenvalue weighted by Gasteiger charge is -2.17. The lowest BCUT2D eigenvalue weighted by molar-refractivity contribution is 0.899. The van der Waals surface area contributed by atoms with Gasteiger partial charge in [0.05, 0.1) is 0 Å². The van der Waals surface area contributed by atoms with Crippen LogP contribution in [0.15, 0.2) is 47.4 Å². The van der Waals surface area contributed by atoms with Gasteiger partial charge in [-0.15, -0.1) is 5.10 Å². The number of fused-ring (bicyclic) bond motifs is 1. The summed E-state index contributed by atoms with van der Waals surface area (Å²) in [6.45, 7) is 2.26. The van der Waals surface area contributed by atoms with E-state index in [-0.39, 0.29) is 5.56 Å². The molecule has 0 spiro atoms. The van der Waals surface area contributed by atoms with Gasteiger partial charge in [-0.3, -0.25) is 4.79 Å². The number of aromatic nitrogens is 3. The van der Waals surface area contributed by atoms with Crippen LogP contribution in [-0.2, 0) is 0 Å². The smallest absolute Gasteiger partial charge is 0.275 e. The molecule has 3 aromatic rings. The van der Waals surface area contributed by atoms with E-state index in [1.807, 2.05) is 18.2 Å². The zero-order valence-electron chi connectivity index (χ0n) is 11.6. The molecule has 5 nitrogen and oxygen atoms in total. The van der Waals surface area contributed by atoms with E-state index in [9.17, 15) is 4.79 Å². The maximum absolute atomic E-state index is 12.0. The van der Waals surface area contributed by atoms with Gasteiger partial charge >= 0.3 is 0 Å². The van der Waals surface area contributed by atoms with E-state index in [4.69, 9.17) is 0 Å². The third-order valence-electron chi connectivity index (χ3n) is 4.01. The summed E-state index contributed by atoms with van der Waals surface area (Å²) in [7, 11) is 0. The van der Waals surface area contributed by atoms with Gasteiger partial charge < -0.3 is 9.88 Å². The van der Waals surface area contributed by atoms with E-state index in [1.165, 1.54) is 18.5 Å². The maximum atomic E-state index is 12.0. The average Bonchev–Trinajstić information content (AvgIpc) is 3.19. The molecule has 106 valence electrons. The summed E-state index contributed by atoms with van der Waals surface area (Å²) in [5.41, 5.74) is 2.60. The first-order valence-corrected chi connectivity index (χ1v) is 7.24. The summed E-state index contributed by atoms with van der Waals surface area (Å²) in [5, 5.41) is 4.44. The van der Waals surface area contributed by atoms with E-state index in [0.717, 1.165) is 18.7 Å². The Morgan fingerprint density at radius 2 is 1.81 bits per heavy atom. The topological polar surface area (TPSA) is 53.4 Å². The summed E-state index contributed by atoms with van der Waals surface area (Å²) in [4.78, 5) is 17.2. The monoisotopic (exact) mass is 280 g/mol. The molecule has 1 fully saturated rings. The van der Waals surface area contributed by atoms with E-state index in [2.05, 4.69) is 27.1 Å². The third kappa shape index (κ3) is 2.11. The highest BCUT2D eigenvalue weighted by atomic mass is 16.1. The summed E-state index contributed by atoms with van der Waals surface area (Å²) >= 11 is 0. The number of hydrogen-bond acceptors (Lipinski definition) is 3. The molecule has 21 heavy (non-hydrogen) atoms. The van der Waals surface area contributed by atoms with Crippen LogP contribution in [-0.4, -0.2) is 27.7 Å². The Bertz CT molecular complexity index is 825. The molecule has 0 aliphatic carbocycles. The first-order chi connectivity index (χ1) is 10.3. The Morgan fingerprint density at radius 1 is 1.05 bits per heavy atom. The van der Waals surface area contributed by atoms with Gasteiger partial charge in [-0.05, 0) is 49.2 Å². The number of H-pyrrole nitrogens is 1. The Labute approximate surface area is 121 Å². The third-order valence-corrected chi connectivity index (χ3v) is 4.01. The molecule has 0 bridgehead atoms. The molecular weight excluding hydrogens is 264 g/mol. The number of nitrogens with zero attached hydrogens (tertiary/aromatic N) is 3. The van der Waals surface area contributed by atoms with Crippen molar-refractivity contribution in [3.05, 3.63) is 52.9 Å². The molecule has 1 aliphatic rings. The van der Waals surface area contributed by atoms with Crippen LogP contribution in [0.25, 0.3) is 16.9 Å². The van der Waals surface area contributed by atoms with E-state index < -0.39 is 0 Å². The van der Waals surface area contributed by atoms with Crippen LogP contribution in [0.4, 0.5) is 5.69 Å². The van der Waals surface area contributed by atoms with Crippen molar-refractivity contribution in [2.75, 3.05) is 18.0 Å². The lowest BCUT2D eigenvalue weighted by Crippen LogP contribution is -2.17. The quantitative estimate of drug-likeness (QED) is 0.783. The highest BCUT2D eigenvalue weighted by Crippen LogP contribution is 2.23.